The lowest BCUT2D eigenvalue weighted by Crippen LogP contribution is -2.62. The van der Waals surface area contributed by atoms with Gasteiger partial charge in [0.1, 0.15) is 0 Å². The Morgan fingerprint density at radius 1 is 1.47 bits per heavy atom. The molecule has 1 N–H and O–H groups in total. The summed E-state index contributed by atoms with van der Waals surface area (Å²) in [4.78, 5) is 6.80. The molecule has 0 aliphatic carbocycles. The SMILES string of the molecule is Cc1ccc(N2CC[C@@H]3CN[C@@H]3C2)cn1. The molecule has 1 aromatic rings. The number of anilines is 1. The number of pyridine rings is 1. The minimum atomic E-state index is 0.722. The number of aromatic nitrogens is 1. The maximum Gasteiger partial charge on any atom is 0.0553 e. The topological polar surface area (TPSA) is 28.2 Å². The van der Waals surface area contributed by atoms with Crippen LogP contribution in [0.4, 0.5) is 5.69 Å². The van der Waals surface area contributed by atoms with E-state index in [0.717, 1.165) is 24.2 Å². The molecule has 3 heterocycles. The third-order valence-electron chi connectivity index (χ3n) is 3.66. The molecular weight excluding hydrogens is 186 g/mol. The van der Waals surface area contributed by atoms with Gasteiger partial charge in [-0.3, -0.25) is 4.98 Å². The average Bonchev–Trinajstić information content (AvgIpc) is 2.22. The average molecular weight is 203 g/mol. The molecule has 3 heteroatoms. The maximum atomic E-state index is 4.35. The summed E-state index contributed by atoms with van der Waals surface area (Å²) >= 11 is 0. The zero-order chi connectivity index (χ0) is 10.3. The first-order valence-electron chi connectivity index (χ1n) is 5.74. The van der Waals surface area contributed by atoms with Crippen molar-refractivity contribution in [3.05, 3.63) is 24.0 Å². The normalized spacial score (nSPS) is 29.5. The Morgan fingerprint density at radius 3 is 3.00 bits per heavy atom. The van der Waals surface area contributed by atoms with Crippen LogP contribution in [0.25, 0.3) is 0 Å². The predicted molar refractivity (Wildman–Crippen MR) is 61.1 cm³/mol. The molecular formula is C12H17N3. The van der Waals surface area contributed by atoms with E-state index in [1.54, 1.807) is 0 Å². The smallest absolute Gasteiger partial charge is 0.0553 e. The van der Waals surface area contributed by atoms with E-state index >= 15 is 0 Å². The molecule has 0 amide bonds. The van der Waals surface area contributed by atoms with Crippen molar-refractivity contribution in [1.82, 2.24) is 10.3 Å². The first-order valence-corrected chi connectivity index (χ1v) is 5.74. The van der Waals surface area contributed by atoms with Crippen LogP contribution in [0.3, 0.4) is 0 Å². The van der Waals surface area contributed by atoms with Gasteiger partial charge < -0.3 is 10.2 Å². The third kappa shape index (κ3) is 1.61. The molecule has 0 radical (unpaired) electrons. The zero-order valence-corrected chi connectivity index (χ0v) is 9.11. The number of piperidine rings is 1. The highest BCUT2D eigenvalue weighted by Gasteiger charge is 2.35. The van der Waals surface area contributed by atoms with Crippen LogP contribution >= 0.6 is 0 Å². The number of hydrogen-bond acceptors (Lipinski definition) is 3. The molecule has 0 aromatic carbocycles. The summed E-state index contributed by atoms with van der Waals surface area (Å²) in [6.45, 7) is 5.59. The molecule has 0 unspecified atom stereocenters. The summed E-state index contributed by atoms with van der Waals surface area (Å²) in [5, 5.41) is 3.50. The van der Waals surface area contributed by atoms with Crippen LogP contribution in [0.5, 0.6) is 0 Å². The molecule has 0 spiro atoms. The molecule has 2 aliphatic rings. The zero-order valence-electron chi connectivity index (χ0n) is 9.11. The van der Waals surface area contributed by atoms with Gasteiger partial charge in [0.2, 0.25) is 0 Å². The van der Waals surface area contributed by atoms with E-state index in [4.69, 9.17) is 0 Å². The van der Waals surface area contributed by atoms with Crippen LogP contribution in [0, 0.1) is 12.8 Å². The van der Waals surface area contributed by atoms with E-state index in [2.05, 4.69) is 27.3 Å². The second-order valence-electron chi connectivity index (χ2n) is 4.67. The summed E-state index contributed by atoms with van der Waals surface area (Å²) in [7, 11) is 0. The van der Waals surface area contributed by atoms with E-state index < -0.39 is 0 Å². The van der Waals surface area contributed by atoms with Crippen molar-refractivity contribution < 1.29 is 0 Å². The number of nitrogens with one attached hydrogen (secondary N) is 1. The van der Waals surface area contributed by atoms with Gasteiger partial charge in [0.05, 0.1) is 11.9 Å². The number of fused-ring (bicyclic) bond motifs is 1. The lowest BCUT2D eigenvalue weighted by Gasteiger charge is -2.47. The molecule has 2 saturated heterocycles. The fraction of sp³-hybridized carbons (Fsp3) is 0.583. The van der Waals surface area contributed by atoms with Gasteiger partial charge in [-0.05, 0) is 37.9 Å². The molecule has 2 fully saturated rings. The molecule has 2 atom stereocenters. The molecule has 15 heavy (non-hydrogen) atoms. The number of hydrogen-bond donors (Lipinski definition) is 1. The number of rotatable bonds is 1. The summed E-state index contributed by atoms with van der Waals surface area (Å²) < 4.78 is 0. The molecule has 80 valence electrons. The Kier molecular flexibility index (Phi) is 2.13. The van der Waals surface area contributed by atoms with Crippen molar-refractivity contribution in [2.75, 3.05) is 24.5 Å². The van der Waals surface area contributed by atoms with Crippen LogP contribution in [-0.2, 0) is 0 Å². The Hall–Kier alpha value is -1.09. The van der Waals surface area contributed by atoms with Gasteiger partial charge in [-0.25, -0.2) is 0 Å². The first kappa shape index (κ1) is 9.16. The van der Waals surface area contributed by atoms with Crippen LogP contribution in [0.1, 0.15) is 12.1 Å². The molecule has 0 bridgehead atoms. The Balaban J connectivity index is 1.74. The summed E-state index contributed by atoms with van der Waals surface area (Å²) in [5.41, 5.74) is 2.36. The van der Waals surface area contributed by atoms with E-state index in [-0.39, 0.29) is 0 Å². The van der Waals surface area contributed by atoms with Crippen molar-refractivity contribution in [2.24, 2.45) is 5.92 Å². The van der Waals surface area contributed by atoms with E-state index in [0.29, 0.717) is 0 Å². The van der Waals surface area contributed by atoms with E-state index in [9.17, 15) is 0 Å². The summed E-state index contributed by atoms with van der Waals surface area (Å²) in [5.74, 6) is 0.930. The van der Waals surface area contributed by atoms with Gasteiger partial charge in [0.15, 0.2) is 0 Å². The second-order valence-corrected chi connectivity index (χ2v) is 4.67. The highest BCUT2D eigenvalue weighted by molar-refractivity contribution is 5.45. The Labute approximate surface area is 90.5 Å². The quantitative estimate of drug-likeness (QED) is 0.743. The third-order valence-corrected chi connectivity index (χ3v) is 3.66. The molecule has 3 rings (SSSR count). The number of aryl methyl sites for hydroxylation is 1. The maximum absolute atomic E-state index is 4.35. The van der Waals surface area contributed by atoms with Gasteiger partial charge in [0.25, 0.3) is 0 Å². The van der Waals surface area contributed by atoms with E-state index in [1.165, 1.54) is 25.2 Å². The lowest BCUT2D eigenvalue weighted by molar-refractivity contribution is 0.197. The Bertz CT molecular complexity index is 346. The van der Waals surface area contributed by atoms with Crippen molar-refractivity contribution >= 4 is 5.69 Å². The largest absolute Gasteiger partial charge is 0.369 e. The monoisotopic (exact) mass is 203 g/mol. The van der Waals surface area contributed by atoms with Crippen LogP contribution < -0.4 is 10.2 Å². The van der Waals surface area contributed by atoms with Crippen molar-refractivity contribution in [1.29, 1.82) is 0 Å². The van der Waals surface area contributed by atoms with Crippen LogP contribution in [-0.4, -0.2) is 30.7 Å². The fourth-order valence-electron chi connectivity index (χ4n) is 2.50. The highest BCUT2D eigenvalue weighted by Crippen LogP contribution is 2.27. The molecule has 0 saturated carbocycles. The first-order chi connectivity index (χ1) is 7.33. The van der Waals surface area contributed by atoms with Gasteiger partial charge >= 0.3 is 0 Å². The summed E-state index contributed by atoms with van der Waals surface area (Å²) in [6.07, 6.45) is 3.32. The fourth-order valence-corrected chi connectivity index (χ4v) is 2.50. The van der Waals surface area contributed by atoms with E-state index in [1.807, 2.05) is 13.1 Å². The van der Waals surface area contributed by atoms with Gasteiger partial charge in [-0.1, -0.05) is 0 Å². The van der Waals surface area contributed by atoms with Crippen molar-refractivity contribution in [2.45, 2.75) is 19.4 Å². The minimum absolute atomic E-state index is 0.722. The van der Waals surface area contributed by atoms with Crippen molar-refractivity contribution in [3.8, 4) is 0 Å². The van der Waals surface area contributed by atoms with Gasteiger partial charge in [-0.15, -0.1) is 0 Å². The van der Waals surface area contributed by atoms with Crippen LogP contribution in [0.15, 0.2) is 18.3 Å². The molecule has 2 aliphatic heterocycles. The van der Waals surface area contributed by atoms with Crippen molar-refractivity contribution in [3.63, 3.8) is 0 Å². The minimum Gasteiger partial charge on any atom is -0.369 e. The lowest BCUT2D eigenvalue weighted by atomic mass is 9.85. The predicted octanol–water partition coefficient (Wildman–Crippen LogP) is 1.19. The van der Waals surface area contributed by atoms with Gasteiger partial charge in [-0.2, -0.15) is 0 Å². The summed E-state index contributed by atoms with van der Waals surface area (Å²) in [6, 6.07) is 5.00. The van der Waals surface area contributed by atoms with Crippen LogP contribution in [0.2, 0.25) is 0 Å². The Morgan fingerprint density at radius 2 is 2.40 bits per heavy atom. The highest BCUT2D eigenvalue weighted by atomic mass is 15.2. The standard InChI is InChI=1S/C12H17N3/c1-9-2-3-11(7-13-9)15-5-4-10-6-14-12(10)8-15/h2-3,7,10,12,14H,4-6,8H2,1H3/t10-,12-/m1/s1. The molecule has 1 aromatic heterocycles. The molecule has 3 nitrogen and oxygen atoms in total. The number of nitrogens with zero attached hydrogens (tertiary/aromatic N) is 2. The van der Waals surface area contributed by atoms with Gasteiger partial charge in [0, 0.05) is 24.8 Å². The second kappa shape index (κ2) is 3.49.